The van der Waals surface area contributed by atoms with Crippen LogP contribution in [0.3, 0.4) is 0 Å². The van der Waals surface area contributed by atoms with Crippen LogP contribution in [0.2, 0.25) is 0 Å². The minimum absolute atomic E-state index is 0.352. The van der Waals surface area contributed by atoms with Crippen LogP contribution in [0, 0.1) is 0 Å². The third kappa shape index (κ3) is 3.29. The fourth-order valence-corrected chi connectivity index (χ4v) is 0.783. The van der Waals surface area contributed by atoms with Crippen LogP contribution in [0.25, 0.3) is 0 Å². The van der Waals surface area contributed by atoms with E-state index in [-0.39, 0.29) is 6.54 Å². The summed E-state index contributed by atoms with van der Waals surface area (Å²) in [5.74, 6) is -1.18. The molecule has 4 atom stereocenters. The zero-order valence-corrected chi connectivity index (χ0v) is 7.45. The van der Waals surface area contributed by atoms with Gasteiger partial charge in [0.2, 0.25) is 0 Å². The van der Waals surface area contributed by atoms with Crippen LogP contribution < -0.4 is 5.73 Å². The third-order valence-corrected chi connectivity index (χ3v) is 1.74. The normalized spacial score (nSPS) is 19.9. The van der Waals surface area contributed by atoms with Crippen molar-refractivity contribution in [3.63, 3.8) is 0 Å². The molecule has 0 aliphatic rings. The summed E-state index contributed by atoms with van der Waals surface area (Å²) in [7, 11) is 0. The largest absolute Gasteiger partial charge is 0.394 e. The number of aliphatic hydroxyl groups is 5. The smallest absolute Gasteiger partial charge is 0.195 e. The summed E-state index contributed by atoms with van der Waals surface area (Å²) in [6, 6.07) is 0. The standard InChI is InChI=1S/C7H15NO6/c8-1-3(10)5(12)7(14)6(13)4(11)2-9/h3-6,9-13H,1-2,8H2/t3-,4?,5-,6+/m1/s1. The summed E-state index contributed by atoms with van der Waals surface area (Å²) in [5.41, 5.74) is 4.96. The molecule has 0 fully saturated rings. The summed E-state index contributed by atoms with van der Waals surface area (Å²) in [4.78, 5) is 11.1. The summed E-state index contributed by atoms with van der Waals surface area (Å²) in [6.07, 6.45) is -6.97. The fourth-order valence-electron chi connectivity index (χ4n) is 0.783. The van der Waals surface area contributed by atoms with Crippen molar-refractivity contribution in [2.24, 2.45) is 5.73 Å². The van der Waals surface area contributed by atoms with Gasteiger partial charge in [0.25, 0.3) is 0 Å². The highest BCUT2D eigenvalue weighted by atomic mass is 16.4. The second-order valence-electron chi connectivity index (χ2n) is 2.85. The van der Waals surface area contributed by atoms with Crippen LogP contribution in [0.15, 0.2) is 0 Å². The van der Waals surface area contributed by atoms with Gasteiger partial charge in [-0.05, 0) is 0 Å². The molecule has 0 amide bonds. The molecule has 0 bridgehead atoms. The second-order valence-corrected chi connectivity index (χ2v) is 2.85. The zero-order valence-electron chi connectivity index (χ0n) is 7.45. The van der Waals surface area contributed by atoms with Crippen LogP contribution in [0.5, 0.6) is 0 Å². The minimum Gasteiger partial charge on any atom is -0.394 e. The summed E-state index contributed by atoms with van der Waals surface area (Å²) in [6.45, 7) is -1.17. The molecule has 7 N–H and O–H groups in total. The highest BCUT2D eigenvalue weighted by Crippen LogP contribution is 2.02. The minimum atomic E-state index is -1.93. The lowest BCUT2D eigenvalue weighted by Crippen LogP contribution is -2.48. The summed E-state index contributed by atoms with van der Waals surface area (Å²) in [5, 5.41) is 44.3. The molecule has 0 aliphatic carbocycles. The van der Waals surface area contributed by atoms with Crippen molar-refractivity contribution in [3.05, 3.63) is 0 Å². The molecule has 0 aromatic heterocycles. The monoisotopic (exact) mass is 209 g/mol. The number of hydrogen-bond donors (Lipinski definition) is 6. The predicted octanol–water partition coefficient (Wildman–Crippen LogP) is -4.05. The van der Waals surface area contributed by atoms with Gasteiger partial charge < -0.3 is 31.3 Å². The molecular weight excluding hydrogens is 194 g/mol. The molecule has 0 saturated heterocycles. The van der Waals surface area contributed by atoms with Gasteiger partial charge in [0.1, 0.15) is 18.3 Å². The molecule has 1 unspecified atom stereocenters. The molecule has 0 heterocycles. The Bertz CT molecular complexity index is 169. The van der Waals surface area contributed by atoms with Crippen molar-refractivity contribution in [1.29, 1.82) is 0 Å². The van der Waals surface area contributed by atoms with E-state index < -0.39 is 36.8 Å². The molecule has 0 saturated carbocycles. The zero-order chi connectivity index (χ0) is 11.3. The van der Waals surface area contributed by atoms with Gasteiger partial charge in [-0.1, -0.05) is 0 Å². The quantitative estimate of drug-likeness (QED) is 0.261. The maximum absolute atomic E-state index is 11.1. The van der Waals surface area contributed by atoms with Crippen molar-refractivity contribution >= 4 is 5.78 Å². The predicted molar refractivity (Wildman–Crippen MR) is 45.2 cm³/mol. The first kappa shape index (κ1) is 13.4. The molecular formula is C7H15NO6. The number of ketones is 1. The lowest BCUT2D eigenvalue weighted by atomic mass is 10.0. The van der Waals surface area contributed by atoms with E-state index in [1.165, 1.54) is 0 Å². The molecule has 0 aromatic carbocycles. The molecule has 0 radical (unpaired) electrons. The lowest BCUT2D eigenvalue weighted by molar-refractivity contribution is -0.148. The molecule has 7 heteroatoms. The first-order valence-electron chi connectivity index (χ1n) is 4.02. The van der Waals surface area contributed by atoms with E-state index in [2.05, 4.69) is 0 Å². The number of carbonyl (C=O) groups is 1. The van der Waals surface area contributed by atoms with Crippen LogP contribution >= 0.6 is 0 Å². The van der Waals surface area contributed by atoms with Gasteiger partial charge in [-0.2, -0.15) is 0 Å². The van der Waals surface area contributed by atoms with Gasteiger partial charge in [-0.15, -0.1) is 0 Å². The summed E-state index contributed by atoms with van der Waals surface area (Å²) >= 11 is 0. The molecule has 0 aliphatic heterocycles. The van der Waals surface area contributed by atoms with Crippen LogP contribution in [0.1, 0.15) is 0 Å². The molecule has 7 nitrogen and oxygen atoms in total. The number of aliphatic hydroxyl groups excluding tert-OH is 5. The highest BCUT2D eigenvalue weighted by molar-refractivity contribution is 5.88. The van der Waals surface area contributed by atoms with Crippen molar-refractivity contribution in [2.75, 3.05) is 13.2 Å². The van der Waals surface area contributed by atoms with E-state index in [1.807, 2.05) is 0 Å². The van der Waals surface area contributed by atoms with Crippen molar-refractivity contribution < 1.29 is 30.3 Å². The second kappa shape index (κ2) is 6.02. The van der Waals surface area contributed by atoms with Gasteiger partial charge >= 0.3 is 0 Å². The number of rotatable bonds is 6. The topological polar surface area (TPSA) is 144 Å². The summed E-state index contributed by atoms with van der Waals surface area (Å²) < 4.78 is 0. The molecule has 14 heavy (non-hydrogen) atoms. The third-order valence-electron chi connectivity index (χ3n) is 1.74. The van der Waals surface area contributed by atoms with E-state index in [9.17, 15) is 4.79 Å². The van der Waals surface area contributed by atoms with Gasteiger partial charge in [0, 0.05) is 6.54 Å². The SMILES string of the molecule is NC[C@@H](O)[C@@H](O)C(=O)[C@@H](O)C(O)CO. The van der Waals surface area contributed by atoms with Gasteiger partial charge in [-0.3, -0.25) is 4.79 Å². The number of hydrogen-bond acceptors (Lipinski definition) is 7. The average Bonchev–Trinajstić information content (AvgIpc) is 2.23. The first-order chi connectivity index (χ1) is 6.45. The number of nitrogens with two attached hydrogens (primary N) is 1. The van der Waals surface area contributed by atoms with E-state index in [0.29, 0.717) is 0 Å². The molecule has 0 spiro atoms. The highest BCUT2D eigenvalue weighted by Gasteiger charge is 2.32. The van der Waals surface area contributed by atoms with Crippen molar-refractivity contribution in [3.8, 4) is 0 Å². The van der Waals surface area contributed by atoms with Gasteiger partial charge in [-0.25, -0.2) is 0 Å². The lowest BCUT2D eigenvalue weighted by Gasteiger charge is -2.20. The fraction of sp³-hybridized carbons (Fsp3) is 0.857. The van der Waals surface area contributed by atoms with Gasteiger partial charge in [0.15, 0.2) is 5.78 Å². The van der Waals surface area contributed by atoms with Crippen molar-refractivity contribution in [2.45, 2.75) is 24.4 Å². The van der Waals surface area contributed by atoms with E-state index in [0.717, 1.165) is 0 Å². The Morgan fingerprint density at radius 2 is 1.50 bits per heavy atom. The number of Topliss-reactive ketones (excluding diaryl/α,β-unsaturated/α-hetero) is 1. The Balaban J connectivity index is 4.31. The van der Waals surface area contributed by atoms with Crippen LogP contribution in [-0.4, -0.2) is 68.9 Å². The van der Waals surface area contributed by atoms with Gasteiger partial charge in [0.05, 0.1) is 12.7 Å². The first-order valence-corrected chi connectivity index (χ1v) is 4.02. The number of carbonyl (C=O) groups excluding carboxylic acids is 1. The van der Waals surface area contributed by atoms with Crippen LogP contribution in [0.4, 0.5) is 0 Å². The average molecular weight is 209 g/mol. The molecule has 0 aromatic rings. The Labute approximate surface area is 80.4 Å². The Kier molecular flexibility index (Phi) is 5.77. The van der Waals surface area contributed by atoms with E-state index in [1.54, 1.807) is 0 Å². The molecule has 0 rings (SSSR count). The van der Waals surface area contributed by atoms with Crippen molar-refractivity contribution in [1.82, 2.24) is 0 Å². The van der Waals surface area contributed by atoms with Crippen LogP contribution in [-0.2, 0) is 4.79 Å². The maximum Gasteiger partial charge on any atom is 0.195 e. The Morgan fingerprint density at radius 3 is 1.86 bits per heavy atom. The van der Waals surface area contributed by atoms with E-state index >= 15 is 0 Å². The maximum atomic E-state index is 11.1. The Hall–Kier alpha value is -0.570. The Morgan fingerprint density at radius 1 is 1.07 bits per heavy atom. The molecule has 84 valence electrons. The van der Waals surface area contributed by atoms with E-state index in [4.69, 9.17) is 31.3 Å².